The van der Waals surface area contributed by atoms with E-state index in [1.807, 2.05) is 30.3 Å². The van der Waals surface area contributed by atoms with Gasteiger partial charge in [-0.25, -0.2) is 4.79 Å². The number of urea groups is 1. The molecule has 3 rings (SSSR count). The molecular formula is C18H17F3N2O. The molecule has 2 amide bonds. The normalized spacial score (nSPS) is 17.8. The van der Waals surface area contributed by atoms with E-state index in [2.05, 4.69) is 5.32 Å². The van der Waals surface area contributed by atoms with E-state index < -0.39 is 11.7 Å². The fourth-order valence-corrected chi connectivity index (χ4v) is 2.92. The quantitative estimate of drug-likeness (QED) is 0.846. The third-order valence-corrected chi connectivity index (χ3v) is 4.19. The van der Waals surface area contributed by atoms with Crippen LogP contribution in [-0.4, -0.2) is 24.0 Å². The molecule has 0 bridgehead atoms. The molecule has 3 nitrogen and oxygen atoms in total. The molecule has 1 aliphatic rings. The van der Waals surface area contributed by atoms with Gasteiger partial charge in [-0.05, 0) is 30.2 Å². The van der Waals surface area contributed by atoms with Crippen molar-refractivity contribution in [2.24, 2.45) is 0 Å². The number of rotatable bonds is 2. The molecule has 1 heterocycles. The molecule has 126 valence electrons. The molecule has 0 spiro atoms. The molecule has 6 heteroatoms. The van der Waals surface area contributed by atoms with Gasteiger partial charge in [-0.3, -0.25) is 0 Å². The summed E-state index contributed by atoms with van der Waals surface area (Å²) in [4.78, 5) is 13.9. The van der Waals surface area contributed by atoms with Crippen molar-refractivity contribution in [1.29, 1.82) is 0 Å². The molecule has 2 aromatic rings. The molecule has 1 unspecified atom stereocenters. The molecule has 24 heavy (non-hydrogen) atoms. The van der Waals surface area contributed by atoms with Crippen molar-refractivity contribution in [2.75, 3.05) is 18.4 Å². The molecule has 0 aromatic heterocycles. The average molecular weight is 334 g/mol. The zero-order valence-corrected chi connectivity index (χ0v) is 12.9. The lowest BCUT2D eigenvalue weighted by molar-refractivity contribution is -0.137. The summed E-state index contributed by atoms with van der Waals surface area (Å²) in [6.07, 6.45) is -3.58. The highest BCUT2D eigenvalue weighted by Gasteiger charge is 2.31. The number of amides is 2. The molecule has 1 fully saturated rings. The number of nitrogens with one attached hydrogen (secondary N) is 1. The van der Waals surface area contributed by atoms with Gasteiger partial charge >= 0.3 is 12.2 Å². The predicted molar refractivity (Wildman–Crippen MR) is 85.8 cm³/mol. The van der Waals surface area contributed by atoms with Crippen LogP contribution in [-0.2, 0) is 6.18 Å². The SMILES string of the molecule is O=C(Nc1cccc(C(F)(F)F)c1)N1CCC(c2ccccc2)C1. The number of likely N-dealkylation sites (tertiary alicyclic amines) is 1. The van der Waals surface area contributed by atoms with E-state index in [9.17, 15) is 18.0 Å². The van der Waals surface area contributed by atoms with E-state index >= 15 is 0 Å². The summed E-state index contributed by atoms with van der Waals surface area (Å²) in [6, 6.07) is 14.2. The zero-order valence-electron chi connectivity index (χ0n) is 12.9. The summed E-state index contributed by atoms with van der Waals surface area (Å²) in [5.41, 5.74) is 0.550. The molecule has 1 aliphatic heterocycles. The number of hydrogen-bond acceptors (Lipinski definition) is 1. The first-order valence-electron chi connectivity index (χ1n) is 7.71. The van der Waals surface area contributed by atoms with Crippen molar-refractivity contribution in [3.63, 3.8) is 0 Å². The summed E-state index contributed by atoms with van der Waals surface area (Å²) in [7, 11) is 0. The first-order chi connectivity index (χ1) is 11.4. The Labute approximate surface area is 138 Å². The molecule has 2 aromatic carbocycles. The van der Waals surface area contributed by atoms with Crippen LogP contribution in [0.5, 0.6) is 0 Å². The Hall–Kier alpha value is -2.50. The standard InChI is InChI=1S/C18H17F3N2O/c19-18(20,21)15-7-4-8-16(11-15)22-17(24)23-10-9-14(12-23)13-5-2-1-3-6-13/h1-8,11,14H,9-10,12H2,(H,22,24). The highest BCUT2D eigenvalue weighted by Crippen LogP contribution is 2.31. The first kappa shape index (κ1) is 16.4. The van der Waals surface area contributed by atoms with E-state index in [-0.39, 0.29) is 17.6 Å². The number of alkyl halides is 3. The largest absolute Gasteiger partial charge is 0.416 e. The van der Waals surface area contributed by atoms with Crippen molar-refractivity contribution < 1.29 is 18.0 Å². The van der Waals surface area contributed by atoms with Crippen molar-refractivity contribution in [1.82, 2.24) is 4.90 Å². The van der Waals surface area contributed by atoms with E-state index in [1.54, 1.807) is 4.90 Å². The van der Waals surface area contributed by atoms with E-state index in [0.29, 0.717) is 13.1 Å². The Morgan fingerprint density at radius 3 is 2.54 bits per heavy atom. The average Bonchev–Trinajstić information content (AvgIpc) is 3.05. The van der Waals surface area contributed by atoms with Crippen LogP contribution in [0.25, 0.3) is 0 Å². The van der Waals surface area contributed by atoms with Gasteiger partial charge < -0.3 is 10.2 Å². The van der Waals surface area contributed by atoms with Crippen molar-refractivity contribution >= 4 is 11.7 Å². The Balaban J connectivity index is 1.64. The maximum atomic E-state index is 12.7. The first-order valence-corrected chi connectivity index (χ1v) is 7.71. The Bertz CT molecular complexity index is 716. The molecule has 1 atom stereocenters. The second-order valence-corrected chi connectivity index (χ2v) is 5.85. The van der Waals surface area contributed by atoms with Crippen LogP contribution in [0.15, 0.2) is 54.6 Å². The Morgan fingerprint density at radius 1 is 1.08 bits per heavy atom. The monoisotopic (exact) mass is 334 g/mol. The molecular weight excluding hydrogens is 317 g/mol. The van der Waals surface area contributed by atoms with Gasteiger partial charge in [-0.15, -0.1) is 0 Å². The number of carbonyl (C=O) groups is 1. The number of halogens is 3. The maximum absolute atomic E-state index is 12.7. The molecule has 1 N–H and O–H groups in total. The summed E-state index contributed by atoms with van der Waals surface area (Å²) in [5.74, 6) is 0.262. The second kappa shape index (κ2) is 6.55. The lowest BCUT2D eigenvalue weighted by Gasteiger charge is -2.18. The number of anilines is 1. The number of hydrogen-bond donors (Lipinski definition) is 1. The summed E-state index contributed by atoms with van der Waals surface area (Å²) < 4.78 is 38.2. The van der Waals surface area contributed by atoms with Gasteiger partial charge in [0.05, 0.1) is 5.56 Å². The van der Waals surface area contributed by atoms with Gasteiger partial charge in [-0.1, -0.05) is 36.4 Å². The van der Waals surface area contributed by atoms with Crippen molar-refractivity contribution in [3.8, 4) is 0 Å². The number of nitrogens with zero attached hydrogens (tertiary/aromatic N) is 1. The van der Waals surface area contributed by atoms with Gasteiger partial charge in [0.2, 0.25) is 0 Å². The molecule has 0 radical (unpaired) electrons. The van der Waals surface area contributed by atoms with E-state index in [4.69, 9.17) is 0 Å². The minimum absolute atomic E-state index is 0.151. The van der Waals surface area contributed by atoms with E-state index in [0.717, 1.165) is 18.6 Å². The second-order valence-electron chi connectivity index (χ2n) is 5.85. The minimum Gasteiger partial charge on any atom is -0.324 e. The summed E-state index contributed by atoms with van der Waals surface area (Å²) in [6.45, 7) is 1.15. The molecule has 0 saturated carbocycles. The lowest BCUT2D eigenvalue weighted by Crippen LogP contribution is -2.32. The van der Waals surface area contributed by atoms with Crippen molar-refractivity contribution in [2.45, 2.75) is 18.5 Å². The fraction of sp³-hybridized carbons (Fsp3) is 0.278. The van der Waals surface area contributed by atoms with Crippen LogP contribution in [0.3, 0.4) is 0 Å². The maximum Gasteiger partial charge on any atom is 0.416 e. The van der Waals surface area contributed by atoms with Crippen molar-refractivity contribution in [3.05, 3.63) is 65.7 Å². The van der Waals surface area contributed by atoms with Gasteiger partial charge in [0, 0.05) is 24.7 Å². The van der Waals surface area contributed by atoms with Crippen LogP contribution in [0.1, 0.15) is 23.5 Å². The molecule has 0 aliphatic carbocycles. The fourth-order valence-electron chi connectivity index (χ4n) is 2.92. The number of carbonyl (C=O) groups excluding carboxylic acids is 1. The van der Waals surface area contributed by atoms with E-state index in [1.165, 1.54) is 17.7 Å². The van der Waals surface area contributed by atoms with Crippen LogP contribution < -0.4 is 5.32 Å². The van der Waals surface area contributed by atoms with Gasteiger partial charge in [0.25, 0.3) is 0 Å². The topological polar surface area (TPSA) is 32.3 Å². The third-order valence-electron chi connectivity index (χ3n) is 4.19. The highest BCUT2D eigenvalue weighted by molar-refractivity contribution is 5.89. The minimum atomic E-state index is -4.42. The highest BCUT2D eigenvalue weighted by atomic mass is 19.4. The third kappa shape index (κ3) is 3.69. The molecule has 1 saturated heterocycles. The lowest BCUT2D eigenvalue weighted by atomic mass is 9.99. The predicted octanol–water partition coefficient (Wildman–Crippen LogP) is 4.73. The Kier molecular flexibility index (Phi) is 4.46. The summed E-state index contributed by atoms with van der Waals surface area (Å²) in [5, 5.41) is 2.56. The van der Waals surface area contributed by atoms with Gasteiger partial charge in [0.15, 0.2) is 0 Å². The summed E-state index contributed by atoms with van der Waals surface area (Å²) >= 11 is 0. The van der Waals surface area contributed by atoms with Crippen LogP contribution in [0.4, 0.5) is 23.7 Å². The van der Waals surface area contributed by atoms with Crippen LogP contribution in [0, 0.1) is 0 Å². The number of benzene rings is 2. The zero-order chi connectivity index (χ0) is 17.2. The van der Waals surface area contributed by atoms with Crippen LogP contribution >= 0.6 is 0 Å². The van der Waals surface area contributed by atoms with Crippen LogP contribution in [0.2, 0.25) is 0 Å². The Morgan fingerprint density at radius 2 is 1.83 bits per heavy atom. The van der Waals surface area contributed by atoms with Gasteiger partial charge in [0.1, 0.15) is 0 Å². The van der Waals surface area contributed by atoms with Gasteiger partial charge in [-0.2, -0.15) is 13.2 Å². The smallest absolute Gasteiger partial charge is 0.324 e.